The molecule has 1 N–H and O–H groups in total. The number of hydrogen-bond acceptors (Lipinski definition) is 4. The second kappa shape index (κ2) is 4.75. The van der Waals surface area contributed by atoms with E-state index in [0.717, 1.165) is 5.56 Å². The molecule has 1 aromatic carbocycles. The number of aliphatic hydroxyl groups is 1. The van der Waals surface area contributed by atoms with Crippen molar-refractivity contribution in [2.24, 2.45) is 5.92 Å². The van der Waals surface area contributed by atoms with Crippen molar-refractivity contribution >= 4 is 5.78 Å². The second-order valence-corrected chi connectivity index (χ2v) is 4.24. The third-order valence-corrected chi connectivity index (χ3v) is 3.15. The maximum Gasteiger partial charge on any atom is 0.163 e. The first-order valence-corrected chi connectivity index (χ1v) is 5.58. The normalized spacial score (nSPS) is 18.8. The molecule has 1 atom stereocenters. The molecule has 4 nitrogen and oxygen atoms in total. The summed E-state index contributed by atoms with van der Waals surface area (Å²) in [6.07, 6.45) is 1.11. The number of Topliss-reactive ketones (excluding diaryl/α,β-unsaturated/α-hetero) is 1. The predicted octanol–water partition coefficient (Wildman–Crippen LogP) is 1.44. The molecule has 0 bridgehead atoms. The standard InChI is InChI=1S/C13H16O4/c1-16-12-5-9-3-8(7-14)4-11(15)10(9)6-13(12)17-2/h5-6,8,14H,3-4,7H2,1-2H3/t8-/m0/s1. The minimum Gasteiger partial charge on any atom is -0.493 e. The molecule has 0 unspecified atom stereocenters. The molecule has 17 heavy (non-hydrogen) atoms. The fourth-order valence-electron chi connectivity index (χ4n) is 2.23. The number of benzene rings is 1. The van der Waals surface area contributed by atoms with Gasteiger partial charge in [0.05, 0.1) is 14.2 Å². The Bertz CT molecular complexity index is 439. The highest BCUT2D eigenvalue weighted by Crippen LogP contribution is 2.35. The zero-order valence-electron chi connectivity index (χ0n) is 10.0. The van der Waals surface area contributed by atoms with Gasteiger partial charge in [0, 0.05) is 18.6 Å². The van der Waals surface area contributed by atoms with Crippen LogP contribution in [0.3, 0.4) is 0 Å². The summed E-state index contributed by atoms with van der Waals surface area (Å²) in [6.45, 7) is 0.0412. The molecular formula is C13H16O4. The smallest absolute Gasteiger partial charge is 0.163 e. The topological polar surface area (TPSA) is 55.8 Å². The average Bonchev–Trinajstić information content (AvgIpc) is 2.36. The number of rotatable bonds is 3. The number of aliphatic hydroxyl groups excluding tert-OH is 1. The van der Waals surface area contributed by atoms with Gasteiger partial charge in [-0.05, 0) is 30.0 Å². The number of carbonyl (C=O) groups is 1. The number of fused-ring (bicyclic) bond motifs is 1. The van der Waals surface area contributed by atoms with E-state index in [2.05, 4.69) is 0 Å². The van der Waals surface area contributed by atoms with Crippen molar-refractivity contribution in [3.05, 3.63) is 23.3 Å². The third kappa shape index (κ3) is 2.13. The zero-order valence-corrected chi connectivity index (χ0v) is 10.0. The lowest BCUT2D eigenvalue weighted by Gasteiger charge is -2.23. The Labute approximate surface area is 100 Å². The molecule has 0 aromatic heterocycles. The van der Waals surface area contributed by atoms with E-state index < -0.39 is 0 Å². The van der Waals surface area contributed by atoms with Crippen molar-refractivity contribution in [1.29, 1.82) is 0 Å². The Balaban J connectivity index is 2.46. The summed E-state index contributed by atoms with van der Waals surface area (Å²) < 4.78 is 10.4. The highest BCUT2D eigenvalue weighted by atomic mass is 16.5. The maximum absolute atomic E-state index is 11.9. The van der Waals surface area contributed by atoms with Crippen LogP contribution in [0.25, 0.3) is 0 Å². The van der Waals surface area contributed by atoms with Crippen LogP contribution < -0.4 is 9.47 Å². The van der Waals surface area contributed by atoms with Crippen LogP contribution >= 0.6 is 0 Å². The van der Waals surface area contributed by atoms with E-state index >= 15 is 0 Å². The van der Waals surface area contributed by atoms with Crippen molar-refractivity contribution in [2.75, 3.05) is 20.8 Å². The minimum atomic E-state index is 0.0214. The Morgan fingerprint density at radius 3 is 2.47 bits per heavy atom. The van der Waals surface area contributed by atoms with Gasteiger partial charge in [-0.3, -0.25) is 4.79 Å². The SMILES string of the molecule is COc1cc2c(cc1OC)C(=O)C[C@@H](CO)C2. The van der Waals surface area contributed by atoms with Crippen LogP contribution in [-0.4, -0.2) is 31.7 Å². The number of ether oxygens (including phenoxy) is 2. The molecule has 4 heteroatoms. The van der Waals surface area contributed by atoms with Gasteiger partial charge < -0.3 is 14.6 Å². The molecular weight excluding hydrogens is 220 g/mol. The molecule has 0 saturated heterocycles. The quantitative estimate of drug-likeness (QED) is 0.862. The summed E-state index contributed by atoms with van der Waals surface area (Å²) in [5.41, 5.74) is 1.62. The molecule has 0 aliphatic heterocycles. The predicted molar refractivity (Wildman–Crippen MR) is 62.8 cm³/mol. The van der Waals surface area contributed by atoms with Gasteiger partial charge in [-0.25, -0.2) is 0 Å². The summed E-state index contributed by atoms with van der Waals surface area (Å²) >= 11 is 0. The number of methoxy groups -OCH3 is 2. The molecule has 0 saturated carbocycles. The van der Waals surface area contributed by atoms with Crippen LogP contribution in [0, 0.1) is 5.92 Å². The van der Waals surface area contributed by atoms with Crippen LogP contribution in [0.4, 0.5) is 0 Å². The molecule has 0 spiro atoms. The van der Waals surface area contributed by atoms with Crippen molar-refractivity contribution in [1.82, 2.24) is 0 Å². The van der Waals surface area contributed by atoms with Gasteiger partial charge in [0.25, 0.3) is 0 Å². The van der Waals surface area contributed by atoms with Gasteiger partial charge in [0.1, 0.15) is 0 Å². The van der Waals surface area contributed by atoms with Crippen LogP contribution in [0.15, 0.2) is 12.1 Å². The highest BCUT2D eigenvalue weighted by Gasteiger charge is 2.26. The molecule has 1 aromatic rings. The third-order valence-electron chi connectivity index (χ3n) is 3.15. The lowest BCUT2D eigenvalue weighted by molar-refractivity contribution is 0.0918. The first-order valence-electron chi connectivity index (χ1n) is 5.58. The van der Waals surface area contributed by atoms with Crippen LogP contribution in [-0.2, 0) is 6.42 Å². The van der Waals surface area contributed by atoms with E-state index in [1.165, 1.54) is 0 Å². The molecule has 0 heterocycles. The Morgan fingerprint density at radius 2 is 1.88 bits per heavy atom. The average molecular weight is 236 g/mol. The first kappa shape index (κ1) is 11.9. The number of carbonyl (C=O) groups excluding carboxylic acids is 1. The Hall–Kier alpha value is -1.55. The summed E-state index contributed by atoms with van der Waals surface area (Å²) in [6, 6.07) is 3.55. The van der Waals surface area contributed by atoms with Gasteiger partial charge in [0.15, 0.2) is 17.3 Å². The summed E-state index contributed by atoms with van der Waals surface area (Å²) in [7, 11) is 3.12. The Kier molecular flexibility index (Phi) is 3.33. The number of hydrogen-bond donors (Lipinski definition) is 1. The van der Waals surface area contributed by atoms with Gasteiger partial charge >= 0.3 is 0 Å². The van der Waals surface area contributed by atoms with Crippen molar-refractivity contribution in [3.63, 3.8) is 0 Å². The van der Waals surface area contributed by atoms with Gasteiger partial charge in [0.2, 0.25) is 0 Å². The summed E-state index contributed by atoms with van der Waals surface area (Å²) in [4.78, 5) is 11.9. The summed E-state index contributed by atoms with van der Waals surface area (Å²) in [5, 5.41) is 9.15. The molecule has 92 valence electrons. The van der Waals surface area contributed by atoms with E-state index in [1.807, 2.05) is 6.07 Å². The van der Waals surface area contributed by atoms with E-state index in [4.69, 9.17) is 14.6 Å². The maximum atomic E-state index is 11.9. The molecule has 0 fully saturated rings. The monoisotopic (exact) mass is 236 g/mol. The minimum absolute atomic E-state index is 0.0214. The zero-order chi connectivity index (χ0) is 12.4. The van der Waals surface area contributed by atoms with E-state index in [1.54, 1.807) is 20.3 Å². The molecule has 2 rings (SSSR count). The van der Waals surface area contributed by atoms with E-state index in [0.29, 0.717) is 29.9 Å². The van der Waals surface area contributed by atoms with Crippen molar-refractivity contribution in [2.45, 2.75) is 12.8 Å². The fraction of sp³-hybridized carbons (Fsp3) is 0.462. The van der Waals surface area contributed by atoms with Gasteiger partial charge in [-0.1, -0.05) is 0 Å². The number of ketones is 1. The van der Waals surface area contributed by atoms with E-state index in [-0.39, 0.29) is 18.3 Å². The largest absolute Gasteiger partial charge is 0.493 e. The fourth-order valence-corrected chi connectivity index (χ4v) is 2.23. The second-order valence-electron chi connectivity index (χ2n) is 4.24. The Morgan fingerprint density at radius 1 is 1.24 bits per heavy atom. The van der Waals surface area contributed by atoms with E-state index in [9.17, 15) is 4.79 Å². The van der Waals surface area contributed by atoms with Gasteiger partial charge in [-0.15, -0.1) is 0 Å². The van der Waals surface area contributed by atoms with Gasteiger partial charge in [-0.2, -0.15) is 0 Å². The molecule has 1 aliphatic carbocycles. The van der Waals surface area contributed by atoms with Crippen LogP contribution in [0.1, 0.15) is 22.3 Å². The lowest BCUT2D eigenvalue weighted by Crippen LogP contribution is -2.22. The van der Waals surface area contributed by atoms with Crippen LogP contribution in [0.5, 0.6) is 11.5 Å². The highest BCUT2D eigenvalue weighted by molar-refractivity contribution is 5.99. The van der Waals surface area contributed by atoms with Crippen molar-refractivity contribution in [3.8, 4) is 11.5 Å². The summed E-state index contributed by atoms with van der Waals surface area (Å²) in [5.74, 6) is 1.28. The lowest BCUT2D eigenvalue weighted by atomic mass is 9.83. The van der Waals surface area contributed by atoms with Crippen molar-refractivity contribution < 1.29 is 19.4 Å². The molecule has 1 aliphatic rings. The van der Waals surface area contributed by atoms with Crippen LogP contribution in [0.2, 0.25) is 0 Å². The first-order chi connectivity index (χ1) is 8.19. The molecule has 0 radical (unpaired) electrons. The molecule has 0 amide bonds.